The molecule has 1 heterocycles. The van der Waals surface area contributed by atoms with Gasteiger partial charge in [0, 0.05) is 13.1 Å². The predicted molar refractivity (Wildman–Crippen MR) is 55.3 cm³/mol. The number of amides is 1. The molecule has 15 heavy (non-hydrogen) atoms. The van der Waals surface area contributed by atoms with Crippen LogP contribution in [0.2, 0.25) is 0 Å². The van der Waals surface area contributed by atoms with E-state index in [2.05, 4.69) is 10.1 Å². The highest BCUT2D eigenvalue weighted by Crippen LogP contribution is 2.08. The first-order chi connectivity index (χ1) is 7.15. The van der Waals surface area contributed by atoms with E-state index >= 15 is 0 Å². The van der Waals surface area contributed by atoms with Crippen molar-refractivity contribution in [2.75, 3.05) is 26.7 Å². The van der Waals surface area contributed by atoms with Crippen molar-refractivity contribution in [1.82, 2.24) is 10.2 Å². The van der Waals surface area contributed by atoms with Crippen LogP contribution in [0.4, 0.5) is 0 Å². The van der Waals surface area contributed by atoms with Crippen LogP contribution in [0.3, 0.4) is 0 Å². The summed E-state index contributed by atoms with van der Waals surface area (Å²) in [5.74, 6) is -0.285. The molecule has 1 aliphatic heterocycles. The summed E-state index contributed by atoms with van der Waals surface area (Å²) in [5, 5.41) is 2.84. The Balaban J connectivity index is 2.29. The second-order valence-corrected chi connectivity index (χ2v) is 3.71. The molecule has 1 fully saturated rings. The molecule has 0 aromatic carbocycles. The lowest BCUT2D eigenvalue weighted by Crippen LogP contribution is -2.45. The molecule has 0 aromatic rings. The molecule has 0 aliphatic carbocycles. The van der Waals surface area contributed by atoms with E-state index in [-0.39, 0.29) is 24.5 Å². The molecule has 1 atom stereocenters. The maximum Gasteiger partial charge on any atom is 0.319 e. The van der Waals surface area contributed by atoms with Crippen LogP contribution in [0, 0.1) is 0 Å². The average Bonchev–Trinajstić information content (AvgIpc) is 2.77. The quantitative estimate of drug-likeness (QED) is 0.656. The monoisotopic (exact) mass is 214 g/mol. The topological polar surface area (TPSA) is 58.6 Å². The molecule has 0 bridgehead atoms. The van der Waals surface area contributed by atoms with Gasteiger partial charge in [-0.05, 0) is 19.8 Å². The number of methoxy groups -OCH3 is 1. The molecule has 1 N–H and O–H groups in total. The minimum atomic E-state index is -0.351. The number of rotatable bonds is 4. The second kappa shape index (κ2) is 5.70. The molecule has 5 heteroatoms. The zero-order chi connectivity index (χ0) is 11.3. The van der Waals surface area contributed by atoms with Crippen molar-refractivity contribution in [2.24, 2.45) is 0 Å². The summed E-state index contributed by atoms with van der Waals surface area (Å²) in [6, 6.07) is -0.317. The zero-order valence-electron chi connectivity index (χ0n) is 9.28. The van der Waals surface area contributed by atoms with Crippen LogP contribution in [0.25, 0.3) is 0 Å². The lowest BCUT2D eigenvalue weighted by Gasteiger charge is -2.20. The van der Waals surface area contributed by atoms with Crippen LogP contribution in [-0.4, -0.2) is 49.6 Å². The van der Waals surface area contributed by atoms with E-state index in [9.17, 15) is 9.59 Å². The molecular formula is C10H18N2O3. The lowest BCUT2D eigenvalue weighted by molar-refractivity contribution is -0.140. The third-order valence-corrected chi connectivity index (χ3v) is 2.57. The summed E-state index contributed by atoms with van der Waals surface area (Å²) >= 11 is 0. The first-order valence-electron chi connectivity index (χ1n) is 5.24. The van der Waals surface area contributed by atoms with Gasteiger partial charge in [0.15, 0.2) is 0 Å². The number of carbonyl (C=O) groups excluding carboxylic acids is 2. The van der Waals surface area contributed by atoms with Crippen molar-refractivity contribution >= 4 is 11.9 Å². The summed E-state index contributed by atoms with van der Waals surface area (Å²) in [6.07, 6.45) is 2.16. The number of likely N-dealkylation sites (tertiary alicyclic amines) is 1. The van der Waals surface area contributed by atoms with Gasteiger partial charge >= 0.3 is 5.97 Å². The molecule has 1 amide bonds. The molecule has 0 spiro atoms. The fourth-order valence-electron chi connectivity index (χ4n) is 1.61. The van der Waals surface area contributed by atoms with E-state index in [1.54, 1.807) is 6.92 Å². The Labute approximate surface area is 89.8 Å². The Morgan fingerprint density at radius 3 is 2.53 bits per heavy atom. The van der Waals surface area contributed by atoms with Gasteiger partial charge in [0.2, 0.25) is 5.91 Å². The standard InChI is InChI=1S/C10H18N2O3/c1-8(11-7-9(13)15-2)10(14)12-5-3-4-6-12/h8,11H,3-7H2,1-2H3. The predicted octanol–water partition coefficient (Wildman–Crippen LogP) is -0.240. The van der Waals surface area contributed by atoms with Crippen LogP contribution < -0.4 is 5.32 Å². The fraction of sp³-hybridized carbons (Fsp3) is 0.800. The Hall–Kier alpha value is -1.10. The minimum Gasteiger partial charge on any atom is -0.468 e. The summed E-state index contributed by atoms with van der Waals surface area (Å²) in [5.41, 5.74) is 0. The van der Waals surface area contributed by atoms with Gasteiger partial charge in [-0.25, -0.2) is 0 Å². The molecule has 0 radical (unpaired) electrons. The zero-order valence-corrected chi connectivity index (χ0v) is 9.28. The normalized spacial score (nSPS) is 17.6. The van der Waals surface area contributed by atoms with Crippen LogP contribution >= 0.6 is 0 Å². The summed E-state index contributed by atoms with van der Waals surface area (Å²) in [4.78, 5) is 24.4. The molecule has 1 unspecified atom stereocenters. The van der Waals surface area contributed by atoms with Crippen LogP contribution in [0.15, 0.2) is 0 Å². The number of nitrogens with one attached hydrogen (secondary N) is 1. The highest BCUT2D eigenvalue weighted by atomic mass is 16.5. The number of carbonyl (C=O) groups is 2. The largest absolute Gasteiger partial charge is 0.468 e. The van der Waals surface area contributed by atoms with Crippen LogP contribution in [0.1, 0.15) is 19.8 Å². The van der Waals surface area contributed by atoms with Gasteiger partial charge < -0.3 is 9.64 Å². The number of ether oxygens (including phenoxy) is 1. The average molecular weight is 214 g/mol. The number of nitrogens with zero attached hydrogens (tertiary/aromatic N) is 1. The first-order valence-corrected chi connectivity index (χ1v) is 5.24. The van der Waals surface area contributed by atoms with Gasteiger partial charge in [-0.1, -0.05) is 0 Å². The maximum atomic E-state index is 11.8. The Bertz CT molecular complexity index is 237. The molecule has 1 saturated heterocycles. The highest BCUT2D eigenvalue weighted by Gasteiger charge is 2.23. The van der Waals surface area contributed by atoms with E-state index < -0.39 is 0 Å². The third kappa shape index (κ3) is 3.51. The van der Waals surface area contributed by atoms with Gasteiger partial charge in [-0.3, -0.25) is 14.9 Å². The van der Waals surface area contributed by atoms with Crippen molar-refractivity contribution < 1.29 is 14.3 Å². The van der Waals surface area contributed by atoms with Gasteiger partial charge in [0.05, 0.1) is 19.7 Å². The SMILES string of the molecule is COC(=O)CNC(C)C(=O)N1CCCC1. The smallest absolute Gasteiger partial charge is 0.319 e. The Morgan fingerprint density at radius 2 is 2.00 bits per heavy atom. The van der Waals surface area contributed by atoms with Gasteiger partial charge in [0.1, 0.15) is 0 Å². The number of hydrogen-bond acceptors (Lipinski definition) is 4. The highest BCUT2D eigenvalue weighted by molar-refractivity contribution is 5.82. The number of hydrogen-bond donors (Lipinski definition) is 1. The van der Waals surface area contributed by atoms with Crippen LogP contribution in [0.5, 0.6) is 0 Å². The lowest BCUT2D eigenvalue weighted by atomic mass is 10.3. The van der Waals surface area contributed by atoms with Crippen molar-refractivity contribution in [3.8, 4) is 0 Å². The Kier molecular flexibility index (Phi) is 4.55. The van der Waals surface area contributed by atoms with E-state index in [4.69, 9.17) is 0 Å². The van der Waals surface area contributed by atoms with Crippen molar-refractivity contribution in [3.63, 3.8) is 0 Å². The summed E-state index contributed by atoms with van der Waals surface area (Å²) in [7, 11) is 1.33. The van der Waals surface area contributed by atoms with E-state index in [0.29, 0.717) is 0 Å². The molecule has 86 valence electrons. The Morgan fingerprint density at radius 1 is 1.40 bits per heavy atom. The van der Waals surface area contributed by atoms with Gasteiger partial charge in [-0.15, -0.1) is 0 Å². The molecule has 0 aromatic heterocycles. The maximum absolute atomic E-state index is 11.8. The third-order valence-electron chi connectivity index (χ3n) is 2.57. The van der Waals surface area contributed by atoms with Gasteiger partial charge in [-0.2, -0.15) is 0 Å². The molecule has 1 aliphatic rings. The van der Waals surface area contributed by atoms with E-state index in [1.807, 2.05) is 4.90 Å². The summed E-state index contributed by atoms with van der Waals surface area (Å²) in [6.45, 7) is 3.52. The second-order valence-electron chi connectivity index (χ2n) is 3.71. The molecule has 0 saturated carbocycles. The molecule has 5 nitrogen and oxygen atoms in total. The first kappa shape index (κ1) is 12.0. The molecular weight excluding hydrogens is 196 g/mol. The van der Waals surface area contributed by atoms with E-state index in [0.717, 1.165) is 25.9 Å². The van der Waals surface area contributed by atoms with Crippen molar-refractivity contribution in [1.29, 1.82) is 0 Å². The minimum absolute atomic E-state index is 0.0661. The number of esters is 1. The fourth-order valence-corrected chi connectivity index (χ4v) is 1.61. The summed E-state index contributed by atoms with van der Waals surface area (Å²) < 4.78 is 4.48. The van der Waals surface area contributed by atoms with Gasteiger partial charge in [0.25, 0.3) is 0 Å². The van der Waals surface area contributed by atoms with Crippen molar-refractivity contribution in [3.05, 3.63) is 0 Å². The van der Waals surface area contributed by atoms with E-state index in [1.165, 1.54) is 7.11 Å². The van der Waals surface area contributed by atoms with Crippen molar-refractivity contribution in [2.45, 2.75) is 25.8 Å². The molecule has 1 rings (SSSR count). The van der Waals surface area contributed by atoms with Crippen LogP contribution in [-0.2, 0) is 14.3 Å².